The summed E-state index contributed by atoms with van der Waals surface area (Å²) >= 11 is 3.27. The quantitative estimate of drug-likeness (QED) is 0.778. The molecule has 2 aromatic carbocycles. The smallest absolute Gasteiger partial charge is 0.231 e. The molecule has 3 rings (SSSR count). The van der Waals surface area contributed by atoms with Crippen LogP contribution in [-0.2, 0) is 6.42 Å². The van der Waals surface area contributed by atoms with Crippen LogP contribution in [0.25, 0.3) is 11.4 Å². The molecular formula is C15H10BrFN2O2. The molecule has 1 N–H and O–H groups in total. The minimum atomic E-state index is -0.344. The molecule has 4 nitrogen and oxygen atoms in total. The van der Waals surface area contributed by atoms with Crippen molar-refractivity contribution in [3.8, 4) is 17.1 Å². The summed E-state index contributed by atoms with van der Waals surface area (Å²) in [5.74, 6) is 0.582. The molecule has 0 aliphatic heterocycles. The fourth-order valence-corrected chi connectivity index (χ4v) is 2.46. The zero-order chi connectivity index (χ0) is 14.8. The molecule has 0 aliphatic rings. The van der Waals surface area contributed by atoms with Gasteiger partial charge in [0, 0.05) is 15.6 Å². The molecule has 1 heterocycles. The van der Waals surface area contributed by atoms with Crippen molar-refractivity contribution in [2.75, 3.05) is 0 Å². The fraction of sp³-hybridized carbons (Fsp3) is 0.0667. The number of aromatic nitrogens is 2. The minimum Gasteiger partial charge on any atom is -0.508 e. The molecular weight excluding hydrogens is 339 g/mol. The molecule has 0 atom stereocenters. The number of phenolic OH excluding ortho intramolecular Hbond substituents is 1. The Morgan fingerprint density at radius 1 is 1.19 bits per heavy atom. The van der Waals surface area contributed by atoms with Crippen LogP contribution in [0.2, 0.25) is 0 Å². The van der Waals surface area contributed by atoms with Gasteiger partial charge in [0.15, 0.2) is 0 Å². The molecule has 0 spiro atoms. The van der Waals surface area contributed by atoms with E-state index in [0.717, 1.165) is 0 Å². The van der Waals surface area contributed by atoms with Crippen molar-refractivity contribution in [2.24, 2.45) is 0 Å². The van der Waals surface area contributed by atoms with Crippen molar-refractivity contribution >= 4 is 15.9 Å². The Kier molecular flexibility index (Phi) is 3.70. The Bertz CT molecular complexity index is 789. The van der Waals surface area contributed by atoms with Crippen LogP contribution in [0.1, 0.15) is 11.5 Å². The van der Waals surface area contributed by atoms with Gasteiger partial charge in [0.05, 0.1) is 6.42 Å². The van der Waals surface area contributed by atoms with Crippen molar-refractivity contribution in [1.29, 1.82) is 0 Å². The number of hydrogen-bond acceptors (Lipinski definition) is 4. The van der Waals surface area contributed by atoms with Gasteiger partial charge in [0.25, 0.3) is 0 Å². The van der Waals surface area contributed by atoms with Crippen molar-refractivity contribution in [1.82, 2.24) is 10.1 Å². The van der Waals surface area contributed by atoms with Crippen LogP contribution in [0.3, 0.4) is 0 Å². The lowest BCUT2D eigenvalue weighted by molar-refractivity contribution is 0.383. The molecule has 3 aromatic rings. The maximum absolute atomic E-state index is 13.1. The number of rotatable bonds is 3. The van der Waals surface area contributed by atoms with Gasteiger partial charge in [-0.25, -0.2) is 4.39 Å². The second-order valence-electron chi connectivity index (χ2n) is 4.44. The van der Waals surface area contributed by atoms with Gasteiger partial charge in [-0.2, -0.15) is 4.98 Å². The summed E-state index contributed by atoms with van der Waals surface area (Å²) in [7, 11) is 0. The van der Waals surface area contributed by atoms with E-state index < -0.39 is 0 Å². The number of para-hydroxylation sites is 1. The van der Waals surface area contributed by atoms with E-state index in [2.05, 4.69) is 26.1 Å². The molecule has 0 radical (unpaired) electrons. The monoisotopic (exact) mass is 348 g/mol. The van der Waals surface area contributed by atoms with Gasteiger partial charge in [0.2, 0.25) is 11.7 Å². The van der Waals surface area contributed by atoms with Crippen LogP contribution in [0.5, 0.6) is 5.75 Å². The van der Waals surface area contributed by atoms with E-state index in [4.69, 9.17) is 4.52 Å². The minimum absolute atomic E-state index is 0.181. The van der Waals surface area contributed by atoms with Crippen LogP contribution in [0, 0.1) is 5.82 Å². The number of benzene rings is 2. The predicted octanol–water partition coefficient (Wildman–Crippen LogP) is 3.93. The normalized spacial score (nSPS) is 10.8. The highest BCUT2D eigenvalue weighted by atomic mass is 79.9. The van der Waals surface area contributed by atoms with Crippen molar-refractivity contribution in [3.63, 3.8) is 0 Å². The fourth-order valence-electron chi connectivity index (χ4n) is 1.93. The van der Waals surface area contributed by atoms with Crippen LogP contribution in [0.4, 0.5) is 4.39 Å². The van der Waals surface area contributed by atoms with Gasteiger partial charge in [0.1, 0.15) is 11.6 Å². The number of halogens is 2. The first-order chi connectivity index (χ1) is 10.1. The van der Waals surface area contributed by atoms with Gasteiger partial charge >= 0.3 is 0 Å². The summed E-state index contributed by atoms with van der Waals surface area (Å²) in [6, 6.07) is 11.2. The third kappa shape index (κ3) is 2.95. The highest BCUT2D eigenvalue weighted by Gasteiger charge is 2.13. The molecule has 0 fully saturated rings. The van der Waals surface area contributed by atoms with E-state index in [9.17, 15) is 9.50 Å². The van der Waals surface area contributed by atoms with Crippen LogP contribution in [-0.4, -0.2) is 15.2 Å². The Balaban J connectivity index is 1.88. The van der Waals surface area contributed by atoms with E-state index in [1.807, 2.05) is 6.07 Å². The Morgan fingerprint density at radius 2 is 2.00 bits per heavy atom. The molecule has 0 saturated heterocycles. The maximum Gasteiger partial charge on any atom is 0.231 e. The topological polar surface area (TPSA) is 59.2 Å². The standard InChI is InChI=1S/C15H10BrFN2O2/c16-12-8-10(17)5-6-11(12)15-18-14(21-19-15)7-9-3-1-2-4-13(9)20/h1-6,8,20H,7H2. The first-order valence-corrected chi connectivity index (χ1v) is 6.97. The summed E-state index contributed by atoms with van der Waals surface area (Å²) in [4.78, 5) is 4.27. The molecule has 0 saturated carbocycles. The largest absolute Gasteiger partial charge is 0.508 e. The highest BCUT2D eigenvalue weighted by molar-refractivity contribution is 9.10. The summed E-state index contributed by atoms with van der Waals surface area (Å²) in [5, 5.41) is 13.6. The van der Waals surface area contributed by atoms with E-state index in [1.165, 1.54) is 12.1 Å². The molecule has 1 aromatic heterocycles. The van der Waals surface area contributed by atoms with Gasteiger partial charge in [-0.15, -0.1) is 0 Å². The van der Waals surface area contributed by atoms with E-state index in [1.54, 1.807) is 24.3 Å². The first-order valence-electron chi connectivity index (χ1n) is 6.18. The van der Waals surface area contributed by atoms with Crippen LogP contribution in [0.15, 0.2) is 51.5 Å². The molecule has 0 aliphatic carbocycles. The lowest BCUT2D eigenvalue weighted by Crippen LogP contribution is -1.89. The zero-order valence-corrected chi connectivity index (χ0v) is 12.3. The Morgan fingerprint density at radius 3 is 2.76 bits per heavy atom. The summed E-state index contributed by atoms with van der Waals surface area (Å²) in [5.41, 5.74) is 1.34. The Labute approximate surface area is 128 Å². The lowest BCUT2D eigenvalue weighted by atomic mass is 10.1. The molecule has 106 valence electrons. The maximum atomic E-state index is 13.1. The van der Waals surface area contributed by atoms with E-state index in [-0.39, 0.29) is 11.6 Å². The third-order valence-corrected chi connectivity index (χ3v) is 3.63. The zero-order valence-electron chi connectivity index (χ0n) is 10.8. The third-order valence-electron chi connectivity index (χ3n) is 2.97. The summed E-state index contributed by atoms with van der Waals surface area (Å²) in [6.07, 6.45) is 0.332. The molecule has 0 amide bonds. The van der Waals surface area contributed by atoms with Crippen molar-refractivity contribution < 1.29 is 14.0 Å². The van der Waals surface area contributed by atoms with Gasteiger partial charge < -0.3 is 9.63 Å². The second-order valence-corrected chi connectivity index (χ2v) is 5.30. The number of hydrogen-bond donors (Lipinski definition) is 1. The van der Waals surface area contributed by atoms with Crippen LogP contribution < -0.4 is 0 Å². The highest BCUT2D eigenvalue weighted by Crippen LogP contribution is 2.27. The first kappa shape index (κ1) is 13.8. The van der Waals surface area contributed by atoms with Gasteiger partial charge in [-0.1, -0.05) is 23.4 Å². The van der Waals surface area contributed by atoms with E-state index >= 15 is 0 Å². The Hall–Kier alpha value is -2.21. The summed E-state index contributed by atoms with van der Waals surface area (Å²) < 4.78 is 18.8. The van der Waals surface area contributed by atoms with Crippen LogP contribution >= 0.6 is 15.9 Å². The number of aromatic hydroxyl groups is 1. The predicted molar refractivity (Wildman–Crippen MR) is 78.3 cm³/mol. The van der Waals surface area contributed by atoms with Crippen molar-refractivity contribution in [3.05, 3.63) is 64.2 Å². The SMILES string of the molecule is Oc1ccccc1Cc1nc(-c2ccc(F)cc2Br)no1. The molecule has 0 unspecified atom stereocenters. The molecule has 0 bridgehead atoms. The summed E-state index contributed by atoms with van der Waals surface area (Å²) in [6.45, 7) is 0. The second kappa shape index (κ2) is 5.65. The number of phenols is 1. The lowest BCUT2D eigenvalue weighted by Gasteiger charge is -1.99. The van der Waals surface area contributed by atoms with Crippen molar-refractivity contribution in [2.45, 2.75) is 6.42 Å². The average Bonchev–Trinajstić information content (AvgIpc) is 2.90. The molecule has 6 heteroatoms. The van der Waals surface area contributed by atoms with Gasteiger partial charge in [-0.05, 0) is 40.2 Å². The molecule has 21 heavy (non-hydrogen) atoms. The van der Waals surface area contributed by atoms with E-state index in [0.29, 0.717) is 33.7 Å². The van der Waals surface area contributed by atoms with Gasteiger partial charge in [-0.3, -0.25) is 0 Å². The number of nitrogens with zero attached hydrogens (tertiary/aromatic N) is 2. The average molecular weight is 349 g/mol.